The molecule has 0 aliphatic carbocycles. The van der Waals surface area contributed by atoms with Crippen LogP contribution in [0.25, 0.3) is 5.69 Å². The van der Waals surface area contributed by atoms with Crippen molar-refractivity contribution >= 4 is 23.6 Å². The largest absolute Gasteiger partial charge is 0.378 e. The lowest BCUT2D eigenvalue weighted by Crippen LogP contribution is -2.44. The summed E-state index contributed by atoms with van der Waals surface area (Å²) in [5.41, 5.74) is 2.25. The average molecular weight is 416 g/mol. The normalized spacial score (nSPS) is 18.7. The number of benzene rings is 1. The number of anilines is 1. The molecule has 2 aromatic rings. The van der Waals surface area contributed by atoms with E-state index in [0.29, 0.717) is 26.3 Å². The first-order valence-corrected chi connectivity index (χ1v) is 11.3. The van der Waals surface area contributed by atoms with E-state index in [2.05, 4.69) is 50.9 Å². The molecule has 29 heavy (non-hydrogen) atoms. The monoisotopic (exact) mass is 415 g/mol. The van der Waals surface area contributed by atoms with Crippen molar-refractivity contribution in [2.24, 2.45) is 0 Å². The zero-order chi connectivity index (χ0) is 20.2. The summed E-state index contributed by atoms with van der Waals surface area (Å²) in [6.45, 7) is 8.58. The van der Waals surface area contributed by atoms with Gasteiger partial charge in [0, 0.05) is 26.2 Å². The maximum Gasteiger partial charge on any atom is 0.236 e. The van der Waals surface area contributed by atoms with E-state index in [9.17, 15) is 4.79 Å². The van der Waals surface area contributed by atoms with Gasteiger partial charge in [-0.3, -0.25) is 9.36 Å². The fourth-order valence-corrected chi connectivity index (χ4v) is 4.75. The Bertz CT molecular complexity index is 826. The highest BCUT2D eigenvalue weighted by Crippen LogP contribution is 2.31. The number of amides is 1. The van der Waals surface area contributed by atoms with E-state index in [1.54, 1.807) is 0 Å². The first-order chi connectivity index (χ1) is 14.1. The number of nitrogens with zero attached hydrogens (tertiary/aromatic N) is 5. The van der Waals surface area contributed by atoms with Crippen LogP contribution in [0.4, 0.5) is 5.95 Å². The van der Waals surface area contributed by atoms with Gasteiger partial charge in [0.2, 0.25) is 11.9 Å². The van der Waals surface area contributed by atoms with Crippen molar-refractivity contribution in [2.75, 3.05) is 44.3 Å². The summed E-state index contributed by atoms with van der Waals surface area (Å²) in [5.74, 6) is 1.01. The minimum Gasteiger partial charge on any atom is -0.378 e. The molecule has 2 fully saturated rings. The van der Waals surface area contributed by atoms with Gasteiger partial charge in [-0.1, -0.05) is 29.5 Å². The molecule has 1 amide bonds. The fourth-order valence-electron chi connectivity index (χ4n) is 3.81. The molecule has 2 saturated heterocycles. The Morgan fingerprint density at radius 1 is 1.03 bits per heavy atom. The van der Waals surface area contributed by atoms with Crippen LogP contribution in [-0.2, 0) is 9.53 Å². The smallest absolute Gasteiger partial charge is 0.236 e. The zero-order valence-corrected chi connectivity index (χ0v) is 18.0. The molecular formula is C21H29N5O2S. The predicted octanol–water partition coefficient (Wildman–Crippen LogP) is 2.91. The van der Waals surface area contributed by atoms with E-state index in [1.165, 1.54) is 36.6 Å². The Balaban J connectivity index is 1.61. The Labute approximate surface area is 176 Å². The number of morpholine rings is 1. The maximum atomic E-state index is 12.9. The van der Waals surface area contributed by atoms with Gasteiger partial charge in [-0.05, 0) is 45.2 Å². The second-order valence-corrected chi connectivity index (χ2v) is 9.01. The number of hydrogen-bond donors (Lipinski definition) is 0. The van der Waals surface area contributed by atoms with Crippen LogP contribution in [0.2, 0.25) is 0 Å². The van der Waals surface area contributed by atoms with Crippen molar-refractivity contribution in [3.8, 4) is 5.69 Å². The van der Waals surface area contributed by atoms with E-state index >= 15 is 0 Å². The number of ether oxygens (including phenoxy) is 1. The quantitative estimate of drug-likeness (QED) is 0.700. The number of aryl methyl sites for hydroxylation is 1. The maximum absolute atomic E-state index is 12.9. The molecule has 3 heterocycles. The molecule has 0 spiro atoms. The molecular weight excluding hydrogens is 386 g/mol. The molecule has 0 bridgehead atoms. The molecule has 156 valence electrons. The number of carbonyl (C=O) groups excluding carboxylic acids is 1. The molecule has 0 unspecified atom stereocenters. The number of aromatic nitrogens is 3. The van der Waals surface area contributed by atoms with Crippen LogP contribution in [0.1, 0.15) is 31.7 Å². The highest BCUT2D eigenvalue weighted by molar-refractivity contribution is 8.00. The molecule has 2 aliphatic heterocycles. The van der Waals surface area contributed by atoms with E-state index in [1.807, 2.05) is 11.8 Å². The highest BCUT2D eigenvalue weighted by Gasteiger charge is 2.27. The lowest BCUT2D eigenvalue weighted by Gasteiger charge is -2.29. The predicted molar refractivity (Wildman–Crippen MR) is 115 cm³/mol. The van der Waals surface area contributed by atoms with Gasteiger partial charge in [0.05, 0.1) is 24.2 Å². The molecule has 2 aliphatic rings. The standard InChI is InChI=1S/C21H29N5O2S/c1-16-6-8-18(9-7-16)26-20(25-10-4-3-5-11-25)22-23-21(26)29-17(2)19(27)24-12-14-28-15-13-24/h6-9,17H,3-5,10-15H2,1-2H3/t17-/m0/s1. The Morgan fingerprint density at radius 3 is 2.41 bits per heavy atom. The molecule has 8 heteroatoms. The lowest BCUT2D eigenvalue weighted by molar-refractivity contribution is -0.134. The summed E-state index contributed by atoms with van der Waals surface area (Å²) in [7, 11) is 0. The van der Waals surface area contributed by atoms with E-state index < -0.39 is 0 Å². The van der Waals surface area contributed by atoms with Crippen molar-refractivity contribution in [2.45, 2.75) is 43.5 Å². The number of piperidine rings is 1. The lowest BCUT2D eigenvalue weighted by atomic mass is 10.1. The minimum atomic E-state index is -0.226. The van der Waals surface area contributed by atoms with Crippen LogP contribution < -0.4 is 4.90 Å². The fraction of sp³-hybridized carbons (Fsp3) is 0.571. The van der Waals surface area contributed by atoms with Crippen molar-refractivity contribution in [1.29, 1.82) is 0 Å². The number of rotatable bonds is 5. The summed E-state index contributed by atoms with van der Waals surface area (Å²) in [6.07, 6.45) is 3.62. The molecule has 4 rings (SSSR count). The van der Waals surface area contributed by atoms with Crippen molar-refractivity contribution in [3.63, 3.8) is 0 Å². The zero-order valence-electron chi connectivity index (χ0n) is 17.2. The minimum absolute atomic E-state index is 0.135. The van der Waals surface area contributed by atoms with Gasteiger partial charge in [0.15, 0.2) is 5.16 Å². The number of carbonyl (C=O) groups is 1. The van der Waals surface area contributed by atoms with Crippen LogP contribution in [0.15, 0.2) is 29.4 Å². The van der Waals surface area contributed by atoms with Gasteiger partial charge in [0.1, 0.15) is 0 Å². The second kappa shape index (κ2) is 9.17. The Hall–Kier alpha value is -2.06. The second-order valence-electron chi connectivity index (χ2n) is 7.70. The van der Waals surface area contributed by atoms with Crippen molar-refractivity contribution < 1.29 is 9.53 Å². The van der Waals surface area contributed by atoms with Gasteiger partial charge in [-0.2, -0.15) is 0 Å². The van der Waals surface area contributed by atoms with Crippen LogP contribution in [0.3, 0.4) is 0 Å². The first kappa shape index (κ1) is 20.2. The molecule has 0 saturated carbocycles. The van der Waals surface area contributed by atoms with Gasteiger partial charge in [-0.15, -0.1) is 10.2 Å². The van der Waals surface area contributed by atoms with Crippen molar-refractivity contribution in [3.05, 3.63) is 29.8 Å². The Kier molecular flexibility index (Phi) is 6.40. The molecule has 1 atom stereocenters. The summed E-state index contributed by atoms with van der Waals surface area (Å²) >= 11 is 1.49. The molecule has 1 aromatic carbocycles. The number of thioether (sulfide) groups is 1. The van der Waals surface area contributed by atoms with Gasteiger partial charge < -0.3 is 14.5 Å². The molecule has 0 N–H and O–H groups in total. The SMILES string of the molecule is Cc1ccc(-n2c(S[C@@H](C)C(=O)N3CCOCC3)nnc2N2CCCCC2)cc1. The third kappa shape index (κ3) is 4.59. The van der Waals surface area contributed by atoms with E-state index in [-0.39, 0.29) is 11.2 Å². The average Bonchev–Trinajstić information content (AvgIpc) is 3.18. The molecule has 1 aromatic heterocycles. The summed E-state index contributed by atoms with van der Waals surface area (Å²) in [4.78, 5) is 17.1. The van der Waals surface area contributed by atoms with Crippen LogP contribution in [0, 0.1) is 6.92 Å². The molecule has 0 radical (unpaired) electrons. The van der Waals surface area contributed by atoms with Gasteiger partial charge in [-0.25, -0.2) is 0 Å². The first-order valence-electron chi connectivity index (χ1n) is 10.4. The third-order valence-electron chi connectivity index (χ3n) is 5.50. The van der Waals surface area contributed by atoms with Crippen LogP contribution in [-0.4, -0.2) is 70.2 Å². The Morgan fingerprint density at radius 2 is 1.72 bits per heavy atom. The summed E-state index contributed by atoms with van der Waals surface area (Å²) in [5, 5.41) is 9.57. The van der Waals surface area contributed by atoms with E-state index in [0.717, 1.165) is 29.9 Å². The highest BCUT2D eigenvalue weighted by atomic mass is 32.2. The van der Waals surface area contributed by atoms with Crippen LogP contribution >= 0.6 is 11.8 Å². The van der Waals surface area contributed by atoms with Crippen LogP contribution in [0.5, 0.6) is 0 Å². The number of hydrogen-bond acceptors (Lipinski definition) is 6. The summed E-state index contributed by atoms with van der Waals surface area (Å²) in [6, 6.07) is 8.41. The van der Waals surface area contributed by atoms with Gasteiger partial charge >= 0.3 is 0 Å². The topological polar surface area (TPSA) is 63.5 Å². The third-order valence-corrected chi connectivity index (χ3v) is 6.53. The molecule has 7 nitrogen and oxygen atoms in total. The van der Waals surface area contributed by atoms with Gasteiger partial charge in [0.25, 0.3) is 0 Å². The van der Waals surface area contributed by atoms with Crippen molar-refractivity contribution in [1.82, 2.24) is 19.7 Å². The van der Waals surface area contributed by atoms with E-state index in [4.69, 9.17) is 4.74 Å². The summed E-state index contributed by atoms with van der Waals surface area (Å²) < 4.78 is 7.48.